The molecule has 114 valence electrons. The molecule has 1 nitrogen and oxygen atoms in total. The van der Waals surface area contributed by atoms with Crippen LogP contribution in [-0.4, -0.2) is 24.1 Å². The van der Waals surface area contributed by atoms with Crippen molar-refractivity contribution in [3.05, 3.63) is 34.6 Å². The molecule has 1 unspecified atom stereocenters. The first kappa shape index (κ1) is 17.8. The molecule has 0 spiro atoms. The van der Waals surface area contributed by atoms with Crippen LogP contribution >= 0.6 is 23.4 Å². The average Bonchev–Trinajstić information content (AvgIpc) is 2.40. The van der Waals surface area contributed by atoms with Gasteiger partial charge in [-0.1, -0.05) is 44.5 Å². The monoisotopic (exact) mass is 317 g/mol. The smallest absolute Gasteiger partial charge is 0.145 e. The summed E-state index contributed by atoms with van der Waals surface area (Å²) in [6.07, 6.45) is 1.78. The summed E-state index contributed by atoms with van der Waals surface area (Å²) in [4.78, 5) is 0. The highest BCUT2D eigenvalue weighted by molar-refractivity contribution is 7.99. The molecule has 0 aliphatic carbocycles. The molecular weight excluding hydrogens is 293 g/mol. The first-order valence-corrected chi connectivity index (χ1v) is 8.81. The molecule has 0 aliphatic heterocycles. The number of hydrogen-bond donors (Lipinski definition) is 1. The van der Waals surface area contributed by atoms with E-state index >= 15 is 0 Å². The summed E-state index contributed by atoms with van der Waals surface area (Å²) >= 11 is 7.78. The topological polar surface area (TPSA) is 12.0 Å². The van der Waals surface area contributed by atoms with Crippen LogP contribution in [0.1, 0.15) is 32.8 Å². The molecule has 20 heavy (non-hydrogen) atoms. The van der Waals surface area contributed by atoms with Crippen molar-refractivity contribution in [2.75, 3.05) is 18.1 Å². The number of nitrogens with one attached hydrogen (secondary N) is 1. The van der Waals surface area contributed by atoms with Crippen molar-refractivity contribution in [2.45, 2.75) is 39.7 Å². The number of thioether (sulfide) groups is 1. The second kappa shape index (κ2) is 9.64. The Morgan fingerprint density at radius 1 is 1.30 bits per heavy atom. The molecule has 0 saturated heterocycles. The lowest BCUT2D eigenvalue weighted by molar-refractivity contribution is 0.530. The summed E-state index contributed by atoms with van der Waals surface area (Å²) < 4.78 is 14.0. The van der Waals surface area contributed by atoms with E-state index < -0.39 is 0 Å². The summed E-state index contributed by atoms with van der Waals surface area (Å²) in [6.45, 7) is 7.55. The molecule has 0 amide bonds. The van der Waals surface area contributed by atoms with Crippen LogP contribution in [0.15, 0.2) is 18.2 Å². The zero-order chi connectivity index (χ0) is 15.0. The summed E-state index contributed by atoms with van der Waals surface area (Å²) in [5.74, 6) is 2.56. The van der Waals surface area contributed by atoms with E-state index in [9.17, 15) is 4.39 Å². The molecule has 1 N–H and O–H groups in total. The average molecular weight is 318 g/mol. The fourth-order valence-corrected chi connectivity index (χ4v) is 3.28. The molecule has 0 aliphatic rings. The van der Waals surface area contributed by atoms with Gasteiger partial charge in [0.2, 0.25) is 0 Å². The SMILES string of the molecule is CCCNC(CSCC(C)C)Cc1cccc(Cl)c1F. The fraction of sp³-hybridized carbons (Fsp3) is 0.625. The van der Waals surface area contributed by atoms with Gasteiger partial charge in [0, 0.05) is 11.8 Å². The molecule has 0 bridgehead atoms. The van der Waals surface area contributed by atoms with E-state index in [2.05, 4.69) is 26.1 Å². The summed E-state index contributed by atoms with van der Waals surface area (Å²) in [5, 5.41) is 3.72. The highest BCUT2D eigenvalue weighted by atomic mass is 35.5. The van der Waals surface area contributed by atoms with Gasteiger partial charge in [-0.2, -0.15) is 11.8 Å². The number of benzene rings is 1. The van der Waals surface area contributed by atoms with Crippen molar-refractivity contribution < 1.29 is 4.39 Å². The van der Waals surface area contributed by atoms with Crippen LogP contribution in [0.4, 0.5) is 4.39 Å². The summed E-state index contributed by atoms with van der Waals surface area (Å²) in [7, 11) is 0. The molecule has 0 heterocycles. The Hall–Kier alpha value is -0.250. The van der Waals surface area contributed by atoms with Gasteiger partial charge >= 0.3 is 0 Å². The Morgan fingerprint density at radius 2 is 2.05 bits per heavy atom. The second-order valence-corrected chi connectivity index (χ2v) is 6.98. The van der Waals surface area contributed by atoms with Crippen LogP contribution in [0.2, 0.25) is 5.02 Å². The van der Waals surface area contributed by atoms with Crippen molar-refractivity contribution in [3.8, 4) is 0 Å². The predicted octanol–water partition coefficient (Wildman–Crippen LogP) is 4.78. The van der Waals surface area contributed by atoms with E-state index in [0.29, 0.717) is 23.9 Å². The highest BCUT2D eigenvalue weighted by Gasteiger charge is 2.13. The first-order chi connectivity index (χ1) is 9.54. The van der Waals surface area contributed by atoms with Gasteiger partial charge in [0.15, 0.2) is 0 Å². The van der Waals surface area contributed by atoms with Crippen molar-refractivity contribution >= 4 is 23.4 Å². The lowest BCUT2D eigenvalue weighted by atomic mass is 10.1. The van der Waals surface area contributed by atoms with Gasteiger partial charge in [0.05, 0.1) is 5.02 Å². The van der Waals surface area contributed by atoms with E-state index in [4.69, 9.17) is 11.6 Å². The molecule has 1 aromatic rings. The number of hydrogen-bond acceptors (Lipinski definition) is 2. The van der Waals surface area contributed by atoms with E-state index in [-0.39, 0.29) is 10.8 Å². The molecule has 0 radical (unpaired) electrons. The lowest BCUT2D eigenvalue weighted by Crippen LogP contribution is -2.34. The van der Waals surface area contributed by atoms with Crippen molar-refractivity contribution in [2.24, 2.45) is 5.92 Å². The minimum absolute atomic E-state index is 0.214. The minimum Gasteiger partial charge on any atom is -0.313 e. The molecule has 0 fully saturated rings. The number of rotatable bonds is 9. The van der Waals surface area contributed by atoms with E-state index in [1.54, 1.807) is 6.07 Å². The van der Waals surface area contributed by atoms with Crippen molar-refractivity contribution in [1.29, 1.82) is 0 Å². The van der Waals surface area contributed by atoms with Gasteiger partial charge < -0.3 is 5.32 Å². The molecule has 0 saturated carbocycles. The van der Waals surface area contributed by atoms with Crippen molar-refractivity contribution in [3.63, 3.8) is 0 Å². The quantitative estimate of drug-likeness (QED) is 0.703. The third kappa shape index (κ3) is 6.47. The zero-order valence-electron chi connectivity index (χ0n) is 12.6. The highest BCUT2D eigenvalue weighted by Crippen LogP contribution is 2.20. The maximum Gasteiger partial charge on any atom is 0.145 e. The van der Waals surface area contributed by atoms with Gasteiger partial charge in [0.25, 0.3) is 0 Å². The van der Waals surface area contributed by atoms with Gasteiger partial charge in [-0.3, -0.25) is 0 Å². The van der Waals surface area contributed by atoms with Gasteiger partial charge in [0.1, 0.15) is 5.82 Å². The molecule has 0 aromatic heterocycles. The zero-order valence-corrected chi connectivity index (χ0v) is 14.2. The largest absolute Gasteiger partial charge is 0.313 e. The fourth-order valence-electron chi connectivity index (χ4n) is 1.96. The molecule has 1 aromatic carbocycles. The van der Waals surface area contributed by atoms with Gasteiger partial charge in [-0.05, 0) is 42.7 Å². The standard InChI is InChI=1S/C16H25ClFNS/c1-4-8-19-14(11-20-10-12(2)3)9-13-6-5-7-15(17)16(13)18/h5-7,12,14,19H,4,8-11H2,1-3H3. The van der Waals surface area contributed by atoms with Gasteiger partial charge in [-0.15, -0.1) is 0 Å². The Bertz CT molecular complexity index is 398. The third-order valence-electron chi connectivity index (χ3n) is 2.95. The van der Waals surface area contributed by atoms with E-state index in [1.807, 2.05) is 23.9 Å². The number of halogens is 2. The summed E-state index contributed by atoms with van der Waals surface area (Å²) in [5.41, 5.74) is 0.705. The Labute approximate surface area is 131 Å². The Morgan fingerprint density at radius 3 is 2.70 bits per heavy atom. The molecule has 1 atom stereocenters. The van der Waals surface area contributed by atoms with E-state index in [0.717, 1.165) is 24.5 Å². The minimum atomic E-state index is -0.272. The Kier molecular flexibility index (Phi) is 8.58. The van der Waals surface area contributed by atoms with Crippen LogP contribution in [0.3, 0.4) is 0 Å². The van der Waals surface area contributed by atoms with Crippen LogP contribution < -0.4 is 5.32 Å². The first-order valence-electron chi connectivity index (χ1n) is 7.28. The van der Waals surface area contributed by atoms with E-state index in [1.165, 1.54) is 0 Å². The Balaban J connectivity index is 2.60. The predicted molar refractivity (Wildman–Crippen MR) is 89.4 cm³/mol. The second-order valence-electron chi connectivity index (χ2n) is 5.50. The van der Waals surface area contributed by atoms with Crippen LogP contribution in [0.5, 0.6) is 0 Å². The summed E-state index contributed by atoms with van der Waals surface area (Å²) in [6, 6.07) is 5.54. The maximum atomic E-state index is 14.0. The van der Waals surface area contributed by atoms with Crippen molar-refractivity contribution in [1.82, 2.24) is 5.32 Å². The molecule has 1 rings (SSSR count). The van der Waals surface area contributed by atoms with Crippen LogP contribution in [0, 0.1) is 11.7 Å². The normalized spacial score (nSPS) is 12.9. The molecule has 4 heteroatoms. The van der Waals surface area contributed by atoms with Crippen LogP contribution in [0.25, 0.3) is 0 Å². The van der Waals surface area contributed by atoms with Crippen LogP contribution in [-0.2, 0) is 6.42 Å². The van der Waals surface area contributed by atoms with Gasteiger partial charge in [-0.25, -0.2) is 4.39 Å². The maximum absolute atomic E-state index is 14.0. The third-order valence-corrected chi connectivity index (χ3v) is 4.78. The molecular formula is C16H25ClFNS. The lowest BCUT2D eigenvalue weighted by Gasteiger charge is -2.19.